The Morgan fingerprint density at radius 2 is 2.08 bits per heavy atom. The molecule has 0 aromatic carbocycles. The molecular formula is C8H14N2O2. The molecule has 2 N–H and O–H groups in total. The summed E-state index contributed by atoms with van der Waals surface area (Å²) in [5.74, 6) is -0.114. The third kappa shape index (κ3) is 1.21. The minimum Gasteiger partial charge on any atom is -0.317 e. The first-order valence-corrected chi connectivity index (χ1v) is 4.42. The van der Waals surface area contributed by atoms with Crippen LogP contribution in [0.1, 0.15) is 19.3 Å². The Morgan fingerprint density at radius 3 is 2.58 bits per heavy atom. The molecule has 0 bridgehead atoms. The van der Waals surface area contributed by atoms with Crippen molar-refractivity contribution >= 4 is 5.91 Å². The Hall–Kier alpha value is -0.610. The van der Waals surface area contributed by atoms with Gasteiger partial charge in [-0.1, -0.05) is 0 Å². The number of nitrogens with zero attached hydrogens (tertiary/aromatic N) is 1. The SMILES string of the molecule is O=C1CC2(CCNCC2)CN1O. The van der Waals surface area contributed by atoms with E-state index in [1.165, 1.54) is 0 Å². The van der Waals surface area contributed by atoms with Crippen molar-refractivity contribution in [1.29, 1.82) is 0 Å². The number of nitrogens with one attached hydrogen (secondary N) is 1. The number of carbonyl (C=O) groups excluding carboxylic acids is 1. The molecule has 1 amide bonds. The third-order valence-corrected chi connectivity index (χ3v) is 2.96. The van der Waals surface area contributed by atoms with Crippen LogP contribution in [0.4, 0.5) is 0 Å². The third-order valence-electron chi connectivity index (χ3n) is 2.96. The van der Waals surface area contributed by atoms with Gasteiger partial charge in [0.2, 0.25) is 5.91 Å². The van der Waals surface area contributed by atoms with Crippen molar-refractivity contribution < 1.29 is 10.0 Å². The van der Waals surface area contributed by atoms with Crippen LogP contribution in [0, 0.1) is 5.41 Å². The second-order valence-electron chi connectivity index (χ2n) is 3.88. The van der Waals surface area contributed by atoms with Crippen LogP contribution in [0.3, 0.4) is 0 Å². The minimum atomic E-state index is -0.114. The quantitative estimate of drug-likeness (QED) is 0.502. The average molecular weight is 170 g/mol. The lowest BCUT2D eigenvalue weighted by Crippen LogP contribution is -2.38. The van der Waals surface area contributed by atoms with Gasteiger partial charge in [0, 0.05) is 11.8 Å². The van der Waals surface area contributed by atoms with Crippen molar-refractivity contribution in [3.05, 3.63) is 0 Å². The maximum atomic E-state index is 11.1. The molecule has 0 aliphatic carbocycles. The first-order valence-electron chi connectivity index (χ1n) is 4.42. The minimum absolute atomic E-state index is 0.0804. The van der Waals surface area contributed by atoms with Gasteiger partial charge in [-0.05, 0) is 25.9 Å². The van der Waals surface area contributed by atoms with Gasteiger partial charge >= 0.3 is 0 Å². The summed E-state index contributed by atoms with van der Waals surface area (Å²) in [6.45, 7) is 2.48. The summed E-state index contributed by atoms with van der Waals surface area (Å²) in [6, 6.07) is 0. The zero-order valence-electron chi connectivity index (χ0n) is 7.05. The molecule has 2 fully saturated rings. The van der Waals surface area contributed by atoms with Crippen LogP contribution >= 0.6 is 0 Å². The van der Waals surface area contributed by atoms with E-state index < -0.39 is 0 Å². The molecule has 2 saturated heterocycles. The van der Waals surface area contributed by atoms with Crippen LogP contribution in [-0.2, 0) is 4.79 Å². The highest BCUT2D eigenvalue weighted by Gasteiger charge is 2.43. The summed E-state index contributed by atoms with van der Waals surface area (Å²) in [5.41, 5.74) is 0.0804. The van der Waals surface area contributed by atoms with E-state index in [0.29, 0.717) is 13.0 Å². The molecule has 2 aliphatic rings. The number of hydrogen-bond donors (Lipinski definition) is 2. The van der Waals surface area contributed by atoms with Crippen LogP contribution in [0.15, 0.2) is 0 Å². The Labute approximate surface area is 71.5 Å². The number of carbonyl (C=O) groups is 1. The summed E-state index contributed by atoms with van der Waals surface area (Å²) in [5, 5.41) is 13.3. The summed E-state index contributed by atoms with van der Waals surface area (Å²) >= 11 is 0. The molecular weight excluding hydrogens is 156 g/mol. The van der Waals surface area contributed by atoms with Crippen LogP contribution in [0.25, 0.3) is 0 Å². The predicted molar refractivity (Wildman–Crippen MR) is 42.7 cm³/mol. The van der Waals surface area contributed by atoms with E-state index in [1.807, 2.05) is 0 Å². The lowest BCUT2D eigenvalue weighted by Gasteiger charge is -2.31. The summed E-state index contributed by atoms with van der Waals surface area (Å²) in [6.07, 6.45) is 2.55. The zero-order chi connectivity index (χ0) is 8.60. The molecule has 0 unspecified atom stereocenters. The first kappa shape index (κ1) is 8.01. The highest BCUT2D eigenvalue weighted by atomic mass is 16.5. The van der Waals surface area contributed by atoms with Crippen molar-refractivity contribution in [1.82, 2.24) is 10.4 Å². The maximum absolute atomic E-state index is 11.1. The van der Waals surface area contributed by atoms with Gasteiger partial charge in [0.05, 0.1) is 6.54 Å². The molecule has 0 aromatic heterocycles. The Balaban J connectivity index is 2.07. The van der Waals surface area contributed by atoms with E-state index in [9.17, 15) is 10.0 Å². The van der Waals surface area contributed by atoms with Crippen molar-refractivity contribution in [3.63, 3.8) is 0 Å². The number of amides is 1. The molecule has 68 valence electrons. The first-order chi connectivity index (χ1) is 5.72. The van der Waals surface area contributed by atoms with E-state index in [-0.39, 0.29) is 11.3 Å². The zero-order valence-corrected chi connectivity index (χ0v) is 7.05. The molecule has 2 rings (SSSR count). The fourth-order valence-electron chi connectivity index (χ4n) is 2.17. The van der Waals surface area contributed by atoms with Gasteiger partial charge in [-0.3, -0.25) is 10.0 Å². The Morgan fingerprint density at radius 1 is 1.42 bits per heavy atom. The smallest absolute Gasteiger partial charge is 0.246 e. The fourth-order valence-corrected chi connectivity index (χ4v) is 2.17. The maximum Gasteiger partial charge on any atom is 0.246 e. The number of hydroxylamine groups is 2. The monoisotopic (exact) mass is 170 g/mol. The van der Waals surface area contributed by atoms with Gasteiger partial charge in [-0.25, -0.2) is 5.06 Å². The van der Waals surface area contributed by atoms with Crippen molar-refractivity contribution in [3.8, 4) is 0 Å². The van der Waals surface area contributed by atoms with E-state index in [1.54, 1.807) is 0 Å². The van der Waals surface area contributed by atoms with Crippen LogP contribution < -0.4 is 5.32 Å². The second-order valence-corrected chi connectivity index (χ2v) is 3.88. The fraction of sp³-hybridized carbons (Fsp3) is 0.875. The summed E-state index contributed by atoms with van der Waals surface area (Å²) in [4.78, 5) is 11.1. The number of hydrogen-bond acceptors (Lipinski definition) is 3. The average Bonchev–Trinajstić information content (AvgIpc) is 2.29. The van der Waals surface area contributed by atoms with Crippen molar-refractivity contribution in [2.75, 3.05) is 19.6 Å². The van der Waals surface area contributed by atoms with Crippen molar-refractivity contribution in [2.24, 2.45) is 5.41 Å². The molecule has 1 spiro atoms. The van der Waals surface area contributed by atoms with E-state index in [0.717, 1.165) is 31.0 Å². The van der Waals surface area contributed by atoms with Gasteiger partial charge in [-0.2, -0.15) is 0 Å². The van der Waals surface area contributed by atoms with Crippen LogP contribution in [0.5, 0.6) is 0 Å². The molecule has 0 saturated carbocycles. The van der Waals surface area contributed by atoms with Gasteiger partial charge < -0.3 is 5.32 Å². The lowest BCUT2D eigenvalue weighted by atomic mass is 9.78. The Bertz CT molecular complexity index is 199. The summed E-state index contributed by atoms with van der Waals surface area (Å²) < 4.78 is 0. The predicted octanol–water partition coefficient (Wildman–Crippen LogP) is -0.0223. The number of rotatable bonds is 0. The number of piperidine rings is 1. The normalized spacial score (nSPS) is 28.4. The summed E-state index contributed by atoms with van der Waals surface area (Å²) in [7, 11) is 0. The standard InChI is InChI=1S/C8H14N2O2/c11-7-5-8(6-10(7)12)1-3-9-4-2-8/h9,12H,1-6H2. The molecule has 4 nitrogen and oxygen atoms in total. The van der Waals surface area contributed by atoms with E-state index >= 15 is 0 Å². The van der Waals surface area contributed by atoms with Gasteiger partial charge in [0.1, 0.15) is 0 Å². The van der Waals surface area contributed by atoms with Crippen LogP contribution in [-0.4, -0.2) is 35.8 Å². The topological polar surface area (TPSA) is 52.6 Å². The second kappa shape index (κ2) is 2.71. The van der Waals surface area contributed by atoms with Gasteiger partial charge in [0.15, 0.2) is 0 Å². The molecule has 0 radical (unpaired) electrons. The molecule has 0 aromatic rings. The van der Waals surface area contributed by atoms with Gasteiger partial charge in [-0.15, -0.1) is 0 Å². The van der Waals surface area contributed by atoms with E-state index in [2.05, 4.69) is 5.32 Å². The highest BCUT2D eigenvalue weighted by molar-refractivity contribution is 5.78. The van der Waals surface area contributed by atoms with Crippen molar-refractivity contribution in [2.45, 2.75) is 19.3 Å². The largest absolute Gasteiger partial charge is 0.317 e. The van der Waals surface area contributed by atoms with E-state index in [4.69, 9.17) is 0 Å². The van der Waals surface area contributed by atoms with Gasteiger partial charge in [0.25, 0.3) is 0 Å². The lowest BCUT2D eigenvalue weighted by molar-refractivity contribution is -0.157. The molecule has 4 heteroatoms. The molecule has 2 heterocycles. The Kier molecular flexibility index (Phi) is 1.81. The van der Waals surface area contributed by atoms with Crippen LogP contribution in [0.2, 0.25) is 0 Å². The molecule has 2 aliphatic heterocycles. The molecule has 0 atom stereocenters. The molecule has 12 heavy (non-hydrogen) atoms. The highest BCUT2D eigenvalue weighted by Crippen LogP contribution is 2.38.